The Morgan fingerprint density at radius 3 is 0.852 bits per heavy atom. The number of rotatable bonds is 51. The number of hydrogen-bond acceptors (Lipinski definition) is 7. The Hall–Kier alpha value is -1.16. The van der Waals surface area contributed by atoms with E-state index in [0.29, 0.717) is 12.8 Å². The van der Waals surface area contributed by atoms with E-state index in [9.17, 15) is 23.8 Å². The van der Waals surface area contributed by atoms with Crippen LogP contribution < -0.4 is 14.7 Å². The Labute approximate surface area is 507 Å². The molecule has 0 aromatic carbocycles. The number of nitrogens with zero attached hydrogens (tertiary/aromatic N) is 3. The van der Waals surface area contributed by atoms with Gasteiger partial charge in [-0.1, -0.05) is 213 Å². The highest BCUT2D eigenvalue weighted by molar-refractivity contribution is 7.58. The molecule has 0 heterocycles. The lowest BCUT2D eigenvalue weighted by molar-refractivity contribution is -0.929. The number of allylic oxidation sites excluding steroid dienone is 8. The van der Waals surface area contributed by atoms with Crippen molar-refractivity contribution in [3.63, 3.8) is 0 Å². The normalized spacial score (nSPS) is 13.0. The molecule has 1 unspecified atom stereocenters. The largest absolute Gasteiger partial charge is 0.790 e. The Bertz CT molecular complexity index is 1430. The van der Waals surface area contributed by atoms with E-state index in [0.717, 1.165) is 36.8 Å². The van der Waals surface area contributed by atoms with E-state index in [1.165, 1.54) is 257 Å². The maximum Gasteiger partial charge on any atom is 0.272 e. The molecule has 0 radical (unpaired) electrons. The van der Waals surface area contributed by atoms with Gasteiger partial charge < -0.3 is 37.2 Å². The van der Waals surface area contributed by atoms with Crippen LogP contribution in [0.3, 0.4) is 0 Å². The minimum Gasteiger partial charge on any atom is -0.790 e. The SMILES string of the molecule is C=CC/C(=C\CC/C(=C/COP(=O)([O-])OP(=O)([O-])[O-])CC=C(C)C)CCC=C(C)C.CCCC[N+](CCCC)(CCCC)CCCC.CCCC[N+](CCCC)(CCCC)CCCC.CCCC[N+](CCCC)(CCCC)CCCC. The first-order chi connectivity index (χ1) is 38.6. The van der Waals surface area contributed by atoms with E-state index < -0.39 is 22.3 Å². The maximum absolute atomic E-state index is 11.4. The minimum absolute atomic E-state index is 0.406. The molecule has 0 aliphatic rings. The highest BCUT2D eigenvalue weighted by Crippen LogP contribution is 2.50. The van der Waals surface area contributed by atoms with Crippen LogP contribution in [-0.2, 0) is 18.0 Å². The van der Waals surface area contributed by atoms with Gasteiger partial charge in [-0.05, 0) is 143 Å². The zero-order valence-corrected chi connectivity index (χ0v) is 58.9. The zero-order chi connectivity index (χ0) is 62.2. The molecule has 0 fully saturated rings. The van der Waals surface area contributed by atoms with Gasteiger partial charge >= 0.3 is 0 Å². The third-order valence-corrected chi connectivity index (χ3v) is 17.8. The molecular weight excluding hydrogens is 1040 g/mol. The van der Waals surface area contributed by atoms with Gasteiger partial charge in [-0.3, -0.25) is 8.88 Å². The third kappa shape index (κ3) is 55.2. The first kappa shape index (κ1) is 86.3. The Morgan fingerprint density at radius 1 is 0.383 bits per heavy atom. The molecule has 0 aliphatic carbocycles. The summed E-state index contributed by atoms with van der Waals surface area (Å²) >= 11 is 0. The van der Waals surface area contributed by atoms with Crippen molar-refractivity contribution < 1.29 is 46.1 Å². The third-order valence-electron chi connectivity index (χ3n) is 15.7. The zero-order valence-electron chi connectivity index (χ0n) is 57.1. The number of unbranched alkanes of at least 4 members (excludes halogenated alkanes) is 12. The summed E-state index contributed by atoms with van der Waals surface area (Å²) in [6.45, 7) is 56.5. The molecule has 0 N–H and O–H groups in total. The fourth-order valence-electron chi connectivity index (χ4n) is 10.4. The van der Waals surface area contributed by atoms with Crippen LogP contribution in [0, 0.1) is 0 Å². The van der Waals surface area contributed by atoms with Crippen molar-refractivity contribution in [1.82, 2.24) is 0 Å². The van der Waals surface area contributed by atoms with E-state index in [1.807, 2.05) is 26.0 Å². The molecule has 0 rings (SSSR count). The molecule has 0 saturated carbocycles. The van der Waals surface area contributed by atoms with Gasteiger partial charge in [-0.2, -0.15) is 0 Å². The summed E-state index contributed by atoms with van der Waals surface area (Å²) in [5, 5.41) is 0. The van der Waals surface area contributed by atoms with Crippen molar-refractivity contribution in [2.45, 2.75) is 303 Å². The molecular formula is C69H141N3O7P2. The first-order valence-electron chi connectivity index (χ1n) is 34.0. The fraction of sp³-hybridized carbons (Fsp3) is 0.855. The molecule has 12 heteroatoms. The summed E-state index contributed by atoms with van der Waals surface area (Å²) in [6.07, 6.45) is 47.8. The Morgan fingerprint density at radius 2 is 0.630 bits per heavy atom. The molecule has 0 aromatic heterocycles. The summed E-state index contributed by atoms with van der Waals surface area (Å²) < 4.78 is 34.0. The predicted octanol–water partition coefficient (Wildman–Crippen LogP) is 19.6. The lowest BCUT2D eigenvalue weighted by Gasteiger charge is -2.39. The van der Waals surface area contributed by atoms with Gasteiger partial charge in [0, 0.05) is 0 Å². The average molecular weight is 1190 g/mol. The topological polar surface area (TPSA) is 122 Å². The molecule has 0 aliphatic heterocycles. The van der Waals surface area contributed by atoms with Crippen LogP contribution in [0.2, 0.25) is 0 Å². The number of phosphoric ester groups is 1. The molecule has 81 heavy (non-hydrogen) atoms. The van der Waals surface area contributed by atoms with Crippen molar-refractivity contribution in [3.8, 4) is 0 Å². The number of phosphoric acid groups is 2. The van der Waals surface area contributed by atoms with Crippen LogP contribution in [-0.4, -0.2) is 98.6 Å². The molecule has 0 aromatic rings. The lowest BCUT2D eigenvalue weighted by atomic mass is 10.0. The smallest absolute Gasteiger partial charge is 0.272 e. The van der Waals surface area contributed by atoms with Crippen molar-refractivity contribution in [2.75, 3.05) is 85.1 Å². The Kier molecular flexibility index (Phi) is 61.7. The summed E-state index contributed by atoms with van der Waals surface area (Å²) in [7, 11) is -10.9. The molecule has 0 spiro atoms. The summed E-state index contributed by atoms with van der Waals surface area (Å²) in [5.74, 6) is 0. The number of quaternary nitrogens is 3. The van der Waals surface area contributed by atoms with E-state index in [2.05, 4.69) is 124 Å². The molecule has 484 valence electrons. The summed E-state index contributed by atoms with van der Waals surface area (Å²) in [4.78, 5) is 32.3. The maximum atomic E-state index is 11.4. The van der Waals surface area contributed by atoms with Gasteiger partial charge in [0.05, 0.1) is 93.0 Å². The molecule has 0 amide bonds. The molecule has 0 bridgehead atoms. The van der Waals surface area contributed by atoms with Crippen LogP contribution in [0.1, 0.15) is 303 Å². The van der Waals surface area contributed by atoms with Crippen molar-refractivity contribution in [3.05, 3.63) is 59.3 Å². The minimum atomic E-state index is -5.68. The first-order valence-corrected chi connectivity index (χ1v) is 37.0. The summed E-state index contributed by atoms with van der Waals surface area (Å²) in [5.41, 5.74) is 4.62. The second-order valence-corrected chi connectivity index (χ2v) is 27.0. The van der Waals surface area contributed by atoms with Crippen molar-refractivity contribution in [2.24, 2.45) is 0 Å². The van der Waals surface area contributed by atoms with Gasteiger partial charge in [0.15, 0.2) is 0 Å². The van der Waals surface area contributed by atoms with E-state index in [4.69, 9.17) is 0 Å². The lowest BCUT2D eigenvalue weighted by Crippen LogP contribution is -2.50. The predicted molar refractivity (Wildman–Crippen MR) is 353 cm³/mol. The van der Waals surface area contributed by atoms with Crippen molar-refractivity contribution in [1.29, 1.82) is 0 Å². The van der Waals surface area contributed by atoms with Gasteiger partial charge in [-0.25, -0.2) is 0 Å². The number of hydrogen-bond donors (Lipinski definition) is 0. The quantitative estimate of drug-likeness (QED) is 0.0338. The highest BCUT2D eigenvalue weighted by Gasteiger charge is 2.27. The van der Waals surface area contributed by atoms with E-state index in [-0.39, 0.29) is 0 Å². The average Bonchev–Trinajstić information content (AvgIpc) is 3.42. The highest BCUT2D eigenvalue weighted by atomic mass is 31.3. The van der Waals surface area contributed by atoms with Crippen LogP contribution in [0.4, 0.5) is 0 Å². The molecule has 0 saturated heterocycles. The van der Waals surface area contributed by atoms with Crippen LogP contribution in [0.5, 0.6) is 0 Å². The van der Waals surface area contributed by atoms with Crippen molar-refractivity contribution >= 4 is 15.6 Å². The molecule has 10 nitrogen and oxygen atoms in total. The van der Waals surface area contributed by atoms with Crippen LogP contribution in [0.25, 0.3) is 0 Å². The van der Waals surface area contributed by atoms with E-state index in [1.54, 1.807) is 6.08 Å². The fourth-order valence-corrected chi connectivity index (χ4v) is 11.9. The van der Waals surface area contributed by atoms with Gasteiger partial charge in [-0.15, -0.1) is 6.58 Å². The Balaban J connectivity index is -0.000000508. The van der Waals surface area contributed by atoms with Gasteiger partial charge in [0.1, 0.15) is 0 Å². The van der Waals surface area contributed by atoms with Crippen LogP contribution in [0.15, 0.2) is 59.3 Å². The monoisotopic (exact) mass is 1190 g/mol. The second kappa shape index (κ2) is 57.9. The van der Waals surface area contributed by atoms with Gasteiger partial charge in [0.2, 0.25) is 0 Å². The molecule has 1 atom stereocenters. The van der Waals surface area contributed by atoms with Crippen LogP contribution >= 0.6 is 15.6 Å². The summed E-state index contributed by atoms with van der Waals surface area (Å²) in [6, 6.07) is 0. The van der Waals surface area contributed by atoms with Gasteiger partial charge in [0.25, 0.3) is 7.82 Å². The standard InChI is InChI=1S/C21H36O7P2.3C16H36N/c1-6-9-20(11-7-10-18(2)3)12-8-13-21(15-14-19(4)5)16-17-27-30(25,26)28-29(22,23)24;3*1-5-9-13-17(14-10-6-2,15-11-7-3)16-12-8-4/h6,10,12,14,16H,1,7-9,11,13,15,17H2,2-5H3,(H,25,26)(H2,22,23,24);3*5-16H2,1-4H3/q;3*+1/p-3/b20-12+,21-16-;;;. The van der Waals surface area contributed by atoms with E-state index >= 15 is 0 Å². The second-order valence-electron chi connectivity index (χ2n) is 24.3.